The maximum absolute atomic E-state index is 4.72. The second-order valence-electron chi connectivity index (χ2n) is 8.12. The molecule has 0 spiro atoms. The van der Waals surface area contributed by atoms with E-state index in [1.165, 1.54) is 62.3 Å². The van der Waals surface area contributed by atoms with Crippen LogP contribution in [0.15, 0.2) is 10.4 Å². The molecule has 2 atom stereocenters. The molecule has 7 heteroatoms. The van der Waals surface area contributed by atoms with Gasteiger partial charge in [-0.05, 0) is 63.8 Å². The van der Waals surface area contributed by atoms with Crippen molar-refractivity contribution in [1.82, 2.24) is 20.5 Å². The zero-order valence-corrected chi connectivity index (χ0v) is 19.4. The van der Waals surface area contributed by atoms with Crippen LogP contribution in [0.2, 0.25) is 0 Å². The molecule has 2 N–H and O–H groups in total. The monoisotopic (exact) mass is 423 g/mol. The summed E-state index contributed by atoms with van der Waals surface area (Å²) in [5.41, 5.74) is 1.25. The van der Waals surface area contributed by atoms with Gasteiger partial charge in [0.15, 0.2) is 5.96 Å². The molecule has 2 unspecified atom stereocenters. The van der Waals surface area contributed by atoms with E-state index in [2.05, 4.69) is 39.1 Å². The molecule has 2 fully saturated rings. The van der Waals surface area contributed by atoms with Crippen LogP contribution in [0.5, 0.6) is 0 Å². The van der Waals surface area contributed by atoms with Gasteiger partial charge in [-0.2, -0.15) is 11.8 Å². The van der Waals surface area contributed by atoms with Gasteiger partial charge < -0.3 is 10.6 Å². The molecule has 0 aromatic carbocycles. The summed E-state index contributed by atoms with van der Waals surface area (Å²) in [6.45, 7) is 6.57. The molecule has 0 bridgehead atoms. The van der Waals surface area contributed by atoms with E-state index in [1.54, 1.807) is 11.3 Å². The molecule has 2 heterocycles. The average molecular weight is 424 g/mol. The topological polar surface area (TPSA) is 52.6 Å². The average Bonchev–Trinajstić information content (AvgIpc) is 3.20. The Bertz CT molecular complexity index is 610. The van der Waals surface area contributed by atoms with Crippen LogP contribution in [0.3, 0.4) is 0 Å². The zero-order valence-electron chi connectivity index (χ0n) is 17.7. The van der Waals surface area contributed by atoms with E-state index < -0.39 is 0 Å². The quantitative estimate of drug-likeness (QED) is 0.517. The number of thiazole rings is 1. The Balaban J connectivity index is 1.35. The minimum absolute atomic E-state index is 0.574. The normalized spacial score (nSPS) is 25.0. The van der Waals surface area contributed by atoms with E-state index >= 15 is 0 Å². The lowest BCUT2D eigenvalue weighted by Gasteiger charge is -2.33. The number of guanidine groups is 1. The van der Waals surface area contributed by atoms with E-state index in [9.17, 15) is 0 Å². The molecular formula is C21H37N5S2. The van der Waals surface area contributed by atoms with Crippen molar-refractivity contribution in [1.29, 1.82) is 0 Å². The number of nitrogens with zero attached hydrogens (tertiary/aromatic N) is 3. The summed E-state index contributed by atoms with van der Waals surface area (Å²) in [6.07, 6.45) is 11.0. The molecule has 2 aliphatic rings. The van der Waals surface area contributed by atoms with Gasteiger partial charge in [0.2, 0.25) is 0 Å². The van der Waals surface area contributed by atoms with Gasteiger partial charge in [0.25, 0.3) is 0 Å². The first-order valence-corrected chi connectivity index (χ1v) is 13.0. The highest BCUT2D eigenvalue weighted by atomic mass is 32.2. The number of aryl methyl sites for hydroxylation is 1. The Morgan fingerprint density at radius 2 is 2.14 bits per heavy atom. The number of piperidine rings is 1. The van der Waals surface area contributed by atoms with Crippen molar-refractivity contribution in [3.63, 3.8) is 0 Å². The van der Waals surface area contributed by atoms with Crippen molar-refractivity contribution in [3.8, 4) is 0 Å². The van der Waals surface area contributed by atoms with Gasteiger partial charge in [-0.15, -0.1) is 11.3 Å². The second kappa shape index (κ2) is 11.4. The zero-order chi connectivity index (χ0) is 19.8. The van der Waals surface area contributed by atoms with Crippen molar-refractivity contribution in [2.45, 2.75) is 69.7 Å². The first kappa shape index (κ1) is 21.9. The molecule has 1 aliphatic heterocycles. The van der Waals surface area contributed by atoms with Gasteiger partial charge in [0, 0.05) is 36.8 Å². The molecular weight excluding hydrogens is 386 g/mol. The van der Waals surface area contributed by atoms with Crippen LogP contribution in [-0.4, -0.2) is 60.1 Å². The smallest absolute Gasteiger partial charge is 0.191 e. The standard InChI is InChI=1S/C21H37N5S2/c1-4-20-24-18(15-28-20)14-26-10-8-16(9-11-26)13-23-21(22-2)25-17-6-5-7-19(12-17)27-3/h15-17,19H,4-14H2,1-3H3,(H2,22,23,25). The van der Waals surface area contributed by atoms with Crippen LogP contribution in [0.4, 0.5) is 0 Å². The fourth-order valence-electron chi connectivity index (χ4n) is 4.28. The Morgan fingerprint density at radius 1 is 1.32 bits per heavy atom. The highest BCUT2D eigenvalue weighted by Gasteiger charge is 2.23. The molecule has 28 heavy (non-hydrogen) atoms. The fourth-order valence-corrected chi connectivity index (χ4v) is 5.84. The van der Waals surface area contributed by atoms with Crippen molar-refractivity contribution >= 4 is 29.1 Å². The van der Waals surface area contributed by atoms with Crippen molar-refractivity contribution < 1.29 is 0 Å². The molecule has 3 rings (SSSR count). The lowest BCUT2D eigenvalue weighted by Crippen LogP contribution is -2.47. The van der Waals surface area contributed by atoms with Gasteiger partial charge in [0.1, 0.15) is 0 Å². The highest BCUT2D eigenvalue weighted by Crippen LogP contribution is 2.27. The number of aromatic nitrogens is 1. The SMILES string of the molecule is CCc1nc(CN2CCC(CNC(=NC)NC3CCCC(SC)C3)CC2)cs1. The molecule has 1 aliphatic carbocycles. The minimum Gasteiger partial charge on any atom is -0.356 e. The third-order valence-corrected chi connectivity index (χ3v) is 8.21. The maximum atomic E-state index is 4.72. The molecule has 1 aromatic rings. The van der Waals surface area contributed by atoms with Gasteiger partial charge in [0.05, 0.1) is 10.7 Å². The number of thioether (sulfide) groups is 1. The minimum atomic E-state index is 0.574. The Labute approximate surface area is 179 Å². The number of hydrogen-bond acceptors (Lipinski definition) is 5. The molecule has 0 radical (unpaired) electrons. The van der Waals surface area contributed by atoms with E-state index in [-0.39, 0.29) is 0 Å². The largest absolute Gasteiger partial charge is 0.356 e. The summed E-state index contributed by atoms with van der Waals surface area (Å²) in [5.74, 6) is 1.73. The number of nitrogens with one attached hydrogen (secondary N) is 2. The van der Waals surface area contributed by atoms with Crippen molar-refractivity contribution in [3.05, 3.63) is 16.1 Å². The van der Waals surface area contributed by atoms with E-state index in [1.807, 2.05) is 18.8 Å². The lowest BCUT2D eigenvalue weighted by molar-refractivity contribution is 0.176. The lowest BCUT2D eigenvalue weighted by atomic mass is 9.95. The molecule has 1 saturated heterocycles. The number of rotatable bonds is 7. The van der Waals surface area contributed by atoms with Crippen LogP contribution in [0, 0.1) is 5.92 Å². The number of aliphatic imine (C=N–C) groups is 1. The van der Waals surface area contributed by atoms with Gasteiger partial charge in [-0.1, -0.05) is 13.3 Å². The predicted molar refractivity (Wildman–Crippen MR) is 124 cm³/mol. The van der Waals surface area contributed by atoms with Gasteiger partial charge >= 0.3 is 0 Å². The van der Waals surface area contributed by atoms with E-state index in [4.69, 9.17) is 4.98 Å². The Kier molecular flexibility index (Phi) is 8.93. The third kappa shape index (κ3) is 6.63. The summed E-state index contributed by atoms with van der Waals surface area (Å²) in [7, 11) is 1.89. The second-order valence-corrected chi connectivity index (χ2v) is 10.2. The van der Waals surface area contributed by atoms with Crippen LogP contribution in [0.25, 0.3) is 0 Å². The summed E-state index contributed by atoms with van der Waals surface area (Å²) in [6, 6.07) is 0.574. The van der Waals surface area contributed by atoms with Gasteiger partial charge in [-0.3, -0.25) is 9.89 Å². The maximum Gasteiger partial charge on any atom is 0.191 e. The van der Waals surface area contributed by atoms with Crippen LogP contribution in [0.1, 0.15) is 56.2 Å². The molecule has 5 nitrogen and oxygen atoms in total. The molecule has 0 amide bonds. The Hall–Kier alpha value is -0.790. The molecule has 158 valence electrons. The predicted octanol–water partition coefficient (Wildman–Crippen LogP) is 3.76. The summed E-state index contributed by atoms with van der Waals surface area (Å²) >= 11 is 3.81. The van der Waals surface area contributed by atoms with Crippen LogP contribution in [-0.2, 0) is 13.0 Å². The molecule has 1 saturated carbocycles. The number of likely N-dealkylation sites (tertiary alicyclic amines) is 1. The first-order valence-electron chi connectivity index (χ1n) is 10.9. The van der Waals surface area contributed by atoms with Crippen molar-refractivity contribution in [2.24, 2.45) is 10.9 Å². The summed E-state index contributed by atoms with van der Waals surface area (Å²) < 4.78 is 0. The summed E-state index contributed by atoms with van der Waals surface area (Å²) in [4.78, 5) is 11.7. The van der Waals surface area contributed by atoms with E-state index in [0.717, 1.165) is 36.6 Å². The first-order chi connectivity index (χ1) is 13.7. The number of hydrogen-bond donors (Lipinski definition) is 2. The molecule has 1 aromatic heterocycles. The third-order valence-electron chi connectivity index (χ3n) is 6.08. The van der Waals surface area contributed by atoms with Crippen LogP contribution < -0.4 is 10.6 Å². The summed E-state index contributed by atoms with van der Waals surface area (Å²) in [5, 5.41) is 11.6. The van der Waals surface area contributed by atoms with Crippen LogP contribution >= 0.6 is 23.1 Å². The fraction of sp³-hybridized carbons (Fsp3) is 0.810. The highest BCUT2D eigenvalue weighted by molar-refractivity contribution is 7.99. The van der Waals surface area contributed by atoms with Crippen molar-refractivity contribution in [2.75, 3.05) is 32.9 Å². The van der Waals surface area contributed by atoms with Gasteiger partial charge in [-0.25, -0.2) is 4.98 Å². The van der Waals surface area contributed by atoms with E-state index in [0.29, 0.717) is 6.04 Å². The Morgan fingerprint density at radius 3 is 2.82 bits per heavy atom.